The van der Waals surface area contributed by atoms with Crippen LogP contribution in [0.3, 0.4) is 0 Å². The Hall–Kier alpha value is -2.20. The number of anilines is 1. The van der Waals surface area contributed by atoms with Crippen LogP contribution in [0, 0.1) is 13.8 Å². The molecule has 0 aliphatic rings. The molecule has 4 heteroatoms. The number of pyridine rings is 1. The zero-order valence-corrected chi connectivity index (χ0v) is 13.5. The highest BCUT2D eigenvalue weighted by Gasteiger charge is 2.09. The second-order valence-corrected chi connectivity index (χ2v) is 5.64. The van der Waals surface area contributed by atoms with Gasteiger partial charge in [0.25, 0.3) is 0 Å². The molecular formula is C18H23N3O. The van der Waals surface area contributed by atoms with Crippen molar-refractivity contribution in [1.29, 1.82) is 0 Å². The molecule has 0 spiro atoms. The fourth-order valence-electron chi connectivity index (χ4n) is 2.27. The normalized spacial score (nSPS) is 10.7. The Bertz CT molecular complexity index is 625. The monoisotopic (exact) mass is 297 g/mol. The van der Waals surface area contributed by atoms with E-state index in [1.807, 2.05) is 56.1 Å². The minimum absolute atomic E-state index is 0.0194. The van der Waals surface area contributed by atoms with E-state index in [1.54, 1.807) is 12.4 Å². The first kappa shape index (κ1) is 16.2. The molecule has 1 amide bonds. The van der Waals surface area contributed by atoms with Gasteiger partial charge in [0.05, 0.1) is 6.54 Å². The molecule has 0 saturated heterocycles. The fraction of sp³-hybridized carbons (Fsp3) is 0.333. The number of hydrogen-bond acceptors (Lipinski definition) is 3. The Balaban J connectivity index is 1.82. The molecular weight excluding hydrogens is 274 g/mol. The lowest BCUT2D eigenvalue weighted by molar-refractivity contribution is -0.117. The van der Waals surface area contributed by atoms with Crippen LogP contribution in [0.5, 0.6) is 0 Å². The third-order valence-electron chi connectivity index (χ3n) is 3.82. The summed E-state index contributed by atoms with van der Waals surface area (Å²) in [6.07, 6.45) is 4.50. The first-order valence-corrected chi connectivity index (χ1v) is 7.50. The van der Waals surface area contributed by atoms with Gasteiger partial charge in [-0.05, 0) is 62.2 Å². The summed E-state index contributed by atoms with van der Waals surface area (Å²) in [7, 11) is 1.96. The maximum Gasteiger partial charge on any atom is 0.238 e. The topological polar surface area (TPSA) is 45.2 Å². The zero-order valence-electron chi connectivity index (χ0n) is 13.5. The standard InChI is InChI=1S/C18H23N3O/c1-14-5-4-6-17(15(14)2)20-18(22)13-21(3)12-9-16-7-10-19-11-8-16/h4-8,10-11H,9,12-13H2,1-3H3,(H,20,22). The van der Waals surface area contributed by atoms with Crippen molar-refractivity contribution in [2.45, 2.75) is 20.3 Å². The van der Waals surface area contributed by atoms with E-state index in [4.69, 9.17) is 0 Å². The van der Waals surface area contributed by atoms with Crippen molar-refractivity contribution < 1.29 is 4.79 Å². The summed E-state index contributed by atoms with van der Waals surface area (Å²) in [6.45, 7) is 5.30. The lowest BCUT2D eigenvalue weighted by Gasteiger charge is -2.17. The molecule has 2 rings (SSSR count). The van der Waals surface area contributed by atoms with E-state index < -0.39 is 0 Å². The fourth-order valence-corrected chi connectivity index (χ4v) is 2.27. The number of nitrogens with one attached hydrogen (secondary N) is 1. The minimum Gasteiger partial charge on any atom is -0.325 e. The van der Waals surface area contributed by atoms with E-state index in [0.29, 0.717) is 6.54 Å². The van der Waals surface area contributed by atoms with Gasteiger partial charge in [-0.3, -0.25) is 14.7 Å². The maximum atomic E-state index is 12.1. The Morgan fingerprint density at radius 1 is 1.18 bits per heavy atom. The summed E-state index contributed by atoms with van der Waals surface area (Å²) in [6, 6.07) is 9.96. The van der Waals surface area contributed by atoms with Crippen molar-refractivity contribution in [3.63, 3.8) is 0 Å². The molecule has 0 aliphatic carbocycles. The molecule has 1 heterocycles. The maximum absolute atomic E-state index is 12.1. The van der Waals surface area contributed by atoms with Crippen LogP contribution >= 0.6 is 0 Å². The molecule has 0 unspecified atom stereocenters. The first-order chi connectivity index (χ1) is 10.6. The van der Waals surface area contributed by atoms with Crippen LogP contribution < -0.4 is 5.32 Å². The molecule has 0 radical (unpaired) electrons. The molecule has 4 nitrogen and oxygen atoms in total. The summed E-state index contributed by atoms with van der Waals surface area (Å²) in [5.74, 6) is 0.0194. The number of aryl methyl sites for hydroxylation is 1. The van der Waals surface area contributed by atoms with Crippen molar-refractivity contribution in [2.24, 2.45) is 0 Å². The predicted molar refractivity (Wildman–Crippen MR) is 90.0 cm³/mol. The number of aromatic nitrogens is 1. The molecule has 22 heavy (non-hydrogen) atoms. The molecule has 2 aromatic rings. The first-order valence-electron chi connectivity index (χ1n) is 7.50. The van der Waals surface area contributed by atoms with Gasteiger partial charge in [-0.1, -0.05) is 12.1 Å². The van der Waals surface area contributed by atoms with Crippen LogP contribution in [0.1, 0.15) is 16.7 Å². The van der Waals surface area contributed by atoms with Gasteiger partial charge in [-0.2, -0.15) is 0 Å². The third kappa shape index (κ3) is 4.67. The molecule has 116 valence electrons. The van der Waals surface area contributed by atoms with Gasteiger partial charge in [-0.15, -0.1) is 0 Å². The van der Waals surface area contributed by atoms with Crippen LogP contribution in [0.4, 0.5) is 5.69 Å². The molecule has 0 bridgehead atoms. The van der Waals surface area contributed by atoms with Gasteiger partial charge in [0.2, 0.25) is 5.91 Å². The Labute approximate surface area is 132 Å². The quantitative estimate of drug-likeness (QED) is 0.892. The van der Waals surface area contributed by atoms with E-state index in [0.717, 1.165) is 24.2 Å². The van der Waals surface area contributed by atoms with Crippen LogP contribution in [-0.4, -0.2) is 35.9 Å². The highest BCUT2D eigenvalue weighted by molar-refractivity contribution is 5.93. The van der Waals surface area contributed by atoms with Crippen molar-refractivity contribution in [3.8, 4) is 0 Å². The average molecular weight is 297 g/mol. The van der Waals surface area contributed by atoms with Crippen molar-refractivity contribution in [1.82, 2.24) is 9.88 Å². The second kappa shape index (κ2) is 7.71. The molecule has 0 saturated carbocycles. The molecule has 0 atom stereocenters. The van der Waals surface area contributed by atoms with Crippen molar-refractivity contribution in [3.05, 3.63) is 59.4 Å². The summed E-state index contributed by atoms with van der Waals surface area (Å²) in [5, 5.41) is 2.99. The highest BCUT2D eigenvalue weighted by atomic mass is 16.2. The van der Waals surface area contributed by atoms with Crippen LogP contribution in [0.25, 0.3) is 0 Å². The molecule has 0 fully saturated rings. The van der Waals surface area contributed by atoms with Crippen molar-refractivity contribution >= 4 is 11.6 Å². The molecule has 1 aromatic carbocycles. The Morgan fingerprint density at radius 3 is 2.64 bits per heavy atom. The van der Waals surface area contributed by atoms with Gasteiger partial charge in [0.1, 0.15) is 0 Å². The highest BCUT2D eigenvalue weighted by Crippen LogP contribution is 2.17. The van der Waals surface area contributed by atoms with Crippen LogP contribution in [0.15, 0.2) is 42.7 Å². The number of hydrogen-bond donors (Lipinski definition) is 1. The van der Waals surface area contributed by atoms with Gasteiger partial charge < -0.3 is 5.32 Å². The molecule has 1 aromatic heterocycles. The Kier molecular flexibility index (Phi) is 5.67. The predicted octanol–water partition coefficient (Wildman–Crippen LogP) is 2.81. The number of carbonyl (C=O) groups excluding carboxylic acids is 1. The number of benzene rings is 1. The average Bonchev–Trinajstić information content (AvgIpc) is 2.51. The number of rotatable bonds is 6. The van der Waals surface area contributed by atoms with Gasteiger partial charge >= 0.3 is 0 Å². The summed E-state index contributed by atoms with van der Waals surface area (Å²) < 4.78 is 0. The summed E-state index contributed by atoms with van der Waals surface area (Å²) in [5.41, 5.74) is 4.43. The minimum atomic E-state index is 0.0194. The van der Waals surface area contributed by atoms with Gasteiger partial charge in [0.15, 0.2) is 0 Å². The van der Waals surface area contributed by atoms with E-state index in [1.165, 1.54) is 11.1 Å². The van der Waals surface area contributed by atoms with Crippen molar-refractivity contribution in [2.75, 3.05) is 25.5 Å². The SMILES string of the molecule is Cc1cccc(NC(=O)CN(C)CCc2ccncc2)c1C. The molecule has 1 N–H and O–H groups in total. The van der Waals surface area contributed by atoms with Gasteiger partial charge in [0, 0.05) is 24.6 Å². The van der Waals surface area contributed by atoms with E-state index in [2.05, 4.69) is 10.3 Å². The number of amides is 1. The number of carbonyl (C=O) groups is 1. The third-order valence-corrected chi connectivity index (χ3v) is 3.82. The van der Waals surface area contributed by atoms with Crippen LogP contribution in [-0.2, 0) is 11.2 Å². The van der Waals surface area contributed by atoms with Gasteiger partial charge in [-0.25, -0.2) is 0 Å². The molecule has 0 aliphatic heterocycles. The lowest BCUT2D eigenvalue weighted by atomic mass is 10.1. The van der Waals surface area contributed by atoms with E-state index in [9.17, 15) is 4.79 Å². The summed E-state index contributed by atoms with van der Waals surface area (Å²) >= 11 is 0. The Morgan fingerprint density at radius 2 is 1.91 bits per heavy atom. The zero-order chi connectivity index (χ0) is 15.9. The number of nitrogens with zero attached hydrogens (tertiary/aromatic N) is 2. The van der Waals surface area contributed by atoms with Crippen LogP contribution in [0.2, 0.25) is 0 Å². The largest absolute Gasteiger partial charge is 0.325 e. The second-order valence-electron chi connectivity index (χ2n) is 5.64. The summed E-state index contributed by atoms with van der Waals surface area (Å²) in [4.78, 5) is 18.2. The smallest absolute Gasteiger partial charge is 0.238 e. The number of likely N-dealkylation sites (N-methyl/N-ethyl adjacent to an activating group) is 1. The lowest BCUT2D eigenvalue weighted by Crippen LogP contribution is -2.31. The van der Waals surface area contributed by atoms with E-state index >= 15 is 0 Å². The van der Waals surface area contributed by atoms with E-state index in [-0.39, 0.29) is 5.91 Å².